The van der Waals surface area contributed by atoms with Gasteiger partial charge >= 0.3 is 5.69 Å². The Labute approximate surface area is 137 Å². The maximum Gasteiger partial charge on any atom is 0.332 e. The first-order valence-electron chi connectivity index (χ1n) is 7.37. The average Bonchev–Trinajstić information content (AvgIpc) is 2.94. The fraction of sp³-hybridized carbons (Fsp3) is 0.294. The lowest BCUT2D eigenvalue weighted by atomic mass is 10.2. The molecule has 0 aliphatic carbocycles. The van der Waals surface area contributed by atoms with Gasteiger partial charge < -0.3 is 4.74 Å². The molecule has 120 valence electrons. The summed E-state index contributed by atoms with van der Waals surface area (Å²) in [7, 11) is 1.60. The SMILES string of the molecule is COCCn1c(=O)n(Cc2ccccc2)c(=O)c2c(C)csc21. The molecular weight excluding hydrogens is 312 g/mol. The number of fused-ring (bicyclic) bond motifs is 1. The number of nitrogens with zero attached hydrogens (tertiary/aromatic N) is 2. The van der Waals surface area contributed by atoms with Gasteiger partial charge in [0.15, 0.2) is 0 Å². The normalized spacial score (nSPS) is 11.2. The number of thiophene rings is 1. The number of aryl methyl sites for hydroxylation is 1. The first-order chi connectivity index (χ1) is 11.1. The fourth-order valence-corrected chi connectivity index (χ4v) is 3.70. The maximum absolute atomic E-state index is 12.8. The van der Waals surface area contributed by atoms with Crippen molar-refractivity contribution >= 4 is 21.6 Å². The molecule has 0 aliphatic heterocycles. The maximum atomic E-state index is 12.8. The van der Waals surface area contributed by atoms with Crippen molar-refractivity contribution < 1.29 is 4.74 Å². The van der Waals surface area contributed by atoms with Crippen LogP contribution < -0.4 is 11.2 Å². The third kappa shape index (κ3) is 2.87. The van der Waals surface area contributed by atoms with Crippen molar-refractivity contribution in [2.45, 2.75) is 20.0 Å². The van der Waals surface area contributed by atoms with E-state index >= 15 is 0 Å². The molecule has 0 bridgehead atoms. The van der Waals surface area contributed by atoms with Crippen LogP contribution in [0.4, 0.5) is 0 Å². The summed E-state index contributed by atoms with van der Waals surface area (Å²) in [5, 5.41) is 2.54. The summed E-state index contributed by atoms with van der Waals surface area (Å²) >= 11 is 1.43. The number of ether oxygens (including phenoxy) is 1. The molecule has 0 N–H and O–H groups in total. The van der Waals surface area contributed by atoms with Gasteiger partial charge in [0.2, 0.25) is 0 Å². The lowest BCUT2D eigenvalue weighted by molar-refractivity contribution is 0.186. The predicted molar refractivity (Wildman–Crippen MR) is 92.5 cm³/mol. The van der Waals surface area contributed by atoms with Crippen molar-refractivity contribution in [2.75, 3.05) is 13.7 Å². The lowest BCUT2D eigenvalue weighted by Gasteiger charge is -2.12. The molecule has 2 heterocycles. The van der Waals surface area contributed by atoms with Gasteiger partial charge in [-0.05, 0) is 23.4 Å². The van der Waals surface area contributed by atoms with Crippen LogP contribution >= 0.6 is 11.3 Å². The van der Waals surface area contributed by atoms with E-state index in [4.69, 9.17) is 4.74 Å². The summed E-state index contributed by atoms with van der Waals surface area (Å²) in [5.41, 5.74) is 1.33. The van der Waals surface area contributed by atoms with E-state index in [1.54, 1.807) is 11.7 Å². The minimum Gasteiger partial charge on any atom is -0.383 e. The highest BCUT2D eigenvalue weighted by Gasteiger charge is 2.16. The molecule has 6 heteroatoms. The summed E-state index contributed by atoms with van der Waals surface area (Å²) in [6.45, 7) is 3.03. The van der Waals surface area contributed by atoms with Crippen LogP contribution in [-0.2, 0) is 17.8 Å². The van der Waals surface area contributed by atoms with Crippen molar-refractivity contribution in [3.05, 3.63) is 67.7 Å². The highest BCUT2D eigenvalue weighted by molar-refractivity contribution is 7.17. The molecule has 1 aromatic carbocycles. The van der Waals surface area contributed by atoms with Crippen molar-refractivity contribution in [1.82, 2.24) is 9.13 Å². The zero-order valence-corrected chi connectivity index (χ0v) is 13.9. The van der Waals surface area contributed by atoms with Crippen LogP contribution in [0.25, 0.3) is 10.2 Å². The van der Waals surface area contributed by atoms with Crippen molar-refractivity contribution in [3.63, 3.8) is 0 Å². The van der Waals surface area contributed by atoms with Gasteiger partial charge in [0.25, 0.3) is 5.56 Å². The Hall–Kier alpha value is -2.18. The molecule has 3 aromatic rings. The van der Waals surface area contributed by atoms with Gasteiger partial charge in [-0.25, -0.2) is 4.79 Å². The summed E-state index contributed by atoms with van der Waals surface area (Å²) < 4.78 is 8.05. The van der Waals surface area contributed by atoms with E-state index in [0.717, 1.165) is 16.0 Å². The van der Waals surface area contributed by atoms with E-state index in [1.165, 1.54) is 15.9 Å². The third-order valence-corrected chi connectivity index (χ3v) is 4.94. The highest BCUT2D eigenvalue weighted by atomic mass is 32.1. The number of rotatable bonds is 5. The van der Waals surface area contributed by atoms with Crippen LogP contribution in [0.15, 0.2) is 45.3 Å². The Balaban J connectivity index is 2.22. The molecule has 3 rings (SSSR count). The zero-order valence-electron chi connectivity index (χ0n) is 13.1. The summed E-state index contributed by atoms with van der Waals surface area (Å²) in [4.78, 5) is 26.3. The van der Waals surface area contributed by atoms with Crippen LogP contribution in [0, 0.1) is 6.92 Å². The second-order valence-corrected chi connectivity index (χ2v) is 6.26. The van der Waals surface area contributed by atoms with Crippen LogP contribution in [0.5, 0.6) is 0 Å². The topological polar surface area (TPSA) is 53.2 Å². The van der Waals surface area contributed by atoms with Gasteiger partial charge in [-0.2, -0.15) is 0 Å². The molecule has 0 amide bonds. The second-order valence-electron chi connectivity index (χ2n) is 5.40. The number of methoxy groups -OCH3 is 1. The molecule has 0 saturated heterocycles. The van der Waals surface area contributed by atoms with E-state index in [9.17, 15) is 9.59 Å². The van der Waals surface area contributed by atoms with Crippen LogP contribution in [-0.4, -0.2) is 22.9 Å². The molecule has 2 aromatic heterocycles. The van der Waals surface area contributed by atoms with Crippen LogP contribution in [0.1, 0.15) is 11.1 Å². The Morgan fingerprint density at radius 1 is 1.13 bits per heavy atom. The Morgan fingerprint density at radius 3 is 2.57 bits per heavy atom. The molecule has 0 unspecified atom stereocenters. The van der Waals surface area contributed by atoms with Gasteiger partial charge in [0.05, 0.1) is 25.1 Å². The van der Waals surface area contributed by atoms with Gasteiger partial charge in [0.1, 0.15) is 4.83 Å². The van der Waals surface area contributed by atoms with E-state index in [2.05, 4.69) is 0 Å². The van der Waals surface area contributed by atoms with Crippen LogP contribution in [0.2, 0.25) is 0 Å². The summed E-state index contributed by atoms with van der Waals surface area (Å²) in [6, 6.07) is 9.54. The molecule has 0 radical (unpaired) electrons. The number of hydrogen-bond donors (Lipinski definition) is 0. The first kappa shape index (κ1) is 15.7. The average molecular weight is 330 g/mol. The largest absolute Gasteiger partial charge is 0.383 e. The predicted octanol–water partition coefficient (Wildman–Crippen LogP) is 2.23. The molecule has 0 aliphatic rings. The molecule has 0 atom stereocenters. The second kappa shape index (κ2) is 6.52. The summed E-state index contributed by atoms with van der Waals surface area (Å²) in [5.74, 6) is 0. The Kier molecular flexibility index (Phi) is 4.45. The molecule has 0 fully saturated rings. The van der Waals surface area contributed by atoms with Crippen molar-refractivity contribution in [2.24, 2.45) is 0 Å². The minimum absolute atomic E-state index is 0.221. The molecule has 23 heavy (non-hydrogen) atoms. The summed E-state index contributed by atoms with van der Waals surface area (Å²) in [6.07, 6.45) is 0. The Morgan fingerprint density at radius 2 is 1.87 bits per heavy atom. The van der Waals surface area contributed by atoms with Crippen LogP contribution in [0.3, 0.4) is 0 Å². The lowest BCUT2D eigenvalue weighted by Crippen LogP contribution is -2.40. The first-order valence-corrected chi connectivity index (χ1v) is 8.25. The highest BCUT2D eigenvalue weighted by Crippen LogP contribution is 2.21. The zero-order chi connectivity index (χ0) is 16.4. The fourth-order valence-electron chi connectivity index (χ4n) is 2.63. The molecule has 5 nitrogen and oxygen atoms in total. The van der Waals surface area contributed by atoms with Gasteiger partial charge in [-0.15, -0.1) is 11.3 Å². The molecule has 0 spiro atoms. The quantitative estimate of drug-likeness (QED) is 0.721. The third-order valence-electron chi connectivity index (χ3n) is 3.82. The monoisotopic (exact) mass is 330 g/mol. The molecule has 0 saturated carbocycles. The number of hydrogen-bond acceptors (Lipinski definition) is 4. The van der Waals surface area contributed by atoms with Crippen molar-refractivity contribution in [1.29, 1.82) is 0 Å². The van der Waals surface area contributed by atoms with Gasteiger partial charge in [-0.1, -0.05) is 30.3 Å². The number of benzene rings is 1. The van der Waals surface area contributed by atoms with Gasteiger partial charge in [-0.3, -0.25) is 13.9 Å². The number of aromatic nitrogens is 2. The van der Waals surface area contributed by atoms with E-state index in [1.807, 2.05) is 42.6 Å². The Bertz CT molecular complexity index is 938. The standard InChI is InChI=1S/C17H18N2O3S/c1-12-11-23-16-14(12)15(20)19(10-13-6-4-3-5-7-13)17(21)18(16)8-9-22-2/h3-7,11H,8-10H2,1-2H3. The van der Waals surface area contributed by atoms with E-state index < -0.39 is 0 Å². The smallest absolute Gasteiger partial charge is 0.332 e. The minimum atomic E-state index is -0.287. The molecular formula is C17H18N2O3S. The van der Waals surface area contributed by atoms with E-state index in [-0.39, 0.29) is 17.8 Å². The van der Waals surface area contributed by atoms with Gasteiger partial charge in [0, 0.05) is 7.11 Å². The van der Waals surface area contributed by atoms with E-state index in [0.29, 0.717) is 18.5 Å². The van der Waals surface area contributed by atoms with Crippen molar-refractivity contribution in [3.8, 4) is 0 Å².